The standard InChI is InChI=1S/C27H36N8O4.ClH/c1-32(2)10-6-9-28-25(37)21-11-19(15-33(21)3)30-27(39)23-13-20(16-35(23)5)31-26(38)22-12-18(14-34(22)4)29-24(36)17-7-8-17;/h11-17H,6-10H2,1-5H3,(H,28,37)(H,29,36)(H,30,39)(H,31,38);1H. The van der Waals surface area contributed by atoms with Crippen LogP contribution in [-0.4, -0.2) is 69.4 Å². The van der Waals surface area contributed by atoms with Crippen LogP contribution < -0.4 is 21.3 Å². The van der Waals surface area contributed by atoms with E-state index >= 15 is 0 Å². The summed E-state index contributed by atoms with van der Waals surface area (Å²) < 4.78 is 4.91. The van der Waals surface area contributed by atoms with Crippen molar-refractivity contribution < 1.29 is 19.2 Å². The first-order valence-corrected chi connectivity index (χ1v) is 12.9. The van der Waals surface area contributed by atoms with Crippen LogP contribution in [0.15, 0.2) is 36.8 Å². The number of hydrogen-bond acceptors (Lipinski definition) is 5. The number of nitrogens with zero attached hydrogens (tertiary/aromatic N) is 4. The largest absolute Gasteiger partial charge is 0.351 e. The van der Waals surface area contributed by atoms with E-state index in [2.05, 4.69) is 26.2 Å². The van der Waals surface area contributed by atoms with Crippen molar-refractivity contribution in [2.45, 2.75) is 19.3 Å². The number of carbonyl (C=O) groups excluding carboxylic acids is 4. The first-order valence-electron chi connectivity index (χ1n) is 12.9. The van der Waals surface area contributed by atoms with E-state index in [9.17, 15) is 19.2 Å². The van der Waals surface area contributed by atoms with Crippen molar-refractivity contribution in [2.24, 2.45) is 27.1 Å². The first kappa shape index (κ1) is 30.5. The van der Waals surface area contributed by atoms with Crippen molar-refractivity contribution in [2.75, 3.05) is 43.1 Å². The van der Waals surface area contributed by atoms with E-state index in [4.69, 9.17) is 0 Å². The summed E-state index contributed by atoms with van der Waals surface area (Å²) in [5.41, 5.74) is 2.63. The molecule has 40 heavy (non-hydrogen) atoms. The van der Waals surface area contributed by atoms with Crippen LogP contribution in [0.1, 0.15) is 50.7 Å². The topological polar surface area (TPSA) is 134 Å². The summed E-state index contributed by atoms with van der Waals surface area (Å²) in [6.07, 6.45) is 7.64. The lowest BCUT2D eigenvalue weighted by Gasteiger charge is -2.10. The average molecular weight is 573 g/mol. The van der Waals surface area contributed by atoms with Crippen LogP contribution in [0.4, 0.5) is 17.1 Å². The van der Waals surface area contributed by atoms with Crippen LogP contribution in [0.3, 0.4) is 0 Å². The van der Waals surface area contributed by atoms with Gasteiger partial charge in [0.1, 0.15) is 17.1 Å². The Kier molecular flexibility index (Phi) is 9.83. The molecule has 3 aromatic heterocycles. The highest BCUT2D eigenvalue weighted by atomic mass is 35.5. The molecule has 12 nitrogen and oxygen atoms in total. The molecular weight excluding hydrogens is 536 g/mol. The third-order valence-electron chi connectivity index (χ3n) is 6.51. The van der Waals surface area contributed by atoms with Crippen LogP contribution in [-0.2, 0) is 25.9 Å². The summed E-state index contributed by atoms with van der Waals surface area (Å²) in [6.45, 7) is 1.43. The van der Waals surface area contributed by atoms with E-state index in [1.165, 1.54) is 0 Å². The van der Waals surface area contributed by atoms with Gasteiger partial charge in [-0.05, 0) is 58.1 Å². The van der Waals surface area contributed by atoms with Gasteiger partial charge in [-0.3, -0.25) is 19.2 Å². The molecule has 1 fully saturated rings. The van der Waals surface area contributed by atoms with Crippen molar-refractivity contribution in [3.8, 4) is 0 Å². The molecule has 1 saturated carbocycles. The highest BCUT2D eigenvalue weighted by molar-refractivity contribution is 6.07. The fourth-order valence-electron chi connectivity index (χ4n) is 4.24. The Morgan fingerprint density at radius 1 is 0.750 bits per heavy atom. The molecule has 216 valence electrons. The Morgan fingerprint density at radius 3 is 1.60 bits per heavy atom. The first-order chi connectivity index (χ1) is 18.5. The van der Waals surface area contributed by atoms with Crippen LogP contribution >= 0.6 is 12.4 Å². The van der Waals surface area contributed by atoms with E-state index in [0.29, 0.717) is 40.7 Å². The lowest BCUT2D eigenvalue weighted by Crippen LogP contribution is -2.28. The lowest BCUT2D eigenvalue weighted by atomic mass is 10.3. The molecule has 0 radical (unpaired) electrons. The van der Waals surface area contributed by atoms with Crippen LogP contribution in [0.2, 0.25) is 0 Å². The Hall–Kier alpha value is -4.03. The minimum Gasteiger partial charge on any atom is -0.351 e. The molecule has 0 unspecified atom stereocenters. The summed E-state index contributed by atoms with van der Waals surface area (Å²) in [6, 6.07) is 4.82. The molecule has 3 aromatic rings. The van der Waals surface area contributed by atoms with Gasteiger partial charge in [-0.1, -0.05) is 0 Å². The minimum atomic E-state index is -0.384. The van der Waals surface area contributed by atoms with Crippen LogP contribution in [0.25, 0.3) is 0 Å². The van der Waals surface area contributed by atoms with Crippen molar-refractivity contribution >= 4 is 53.1 Å². The highest BCUT2D eigenvalue weighted by Crippen LogP contribution is 2.30. The Balaban J connectivity index is 0.00000441. The molecule has 4 N–H and O–H groups in total. The second-order valence-corrected chi connectivity index (χ2v) is 10.3. The maximum atomic E-state index is 13.0. The van der Waals surface area contributed by atoms with Crippen molar-refractivity contribution in [3.05, 3.63) is 53.9 Å². The van der Waals surface area contributed by atoms with Gasteiger partial charge in [-0.15, -0.1) is 12.4 Å². The molecular formula is C27H37ClN8O4. The Morgan fingerprint density at radius 2 is 1.18 bits per heavy atom. The molecule has 0 bridgehead atoms. The van der Waals surface area contributed by atoms with E-state index < -0.39 is 0 Å². The molecule has 1 aliphatic rings. The Bertz CT molecular complexity index is 1400. The van der Waals surface area contributed by atoms with Crippen LogP contribution in [0, 0.1) is 5.92 Å². The zero-order valence-electron chi connectivity index (χ0n) is 23.4. The van der Waals surface area contributed by atoms with Gasteiger partial charge in [-0.2, -0.15) is 0 Å². The van der Waals surface area contributed by atoms with Crippen molar-refractivity contribution in [1.82, 2.24) is 23.9 Å². The number of anilines is 3. The van der Waals surface area contributed by atoms with E-state index in [0.717, 1.165) is 25.8 Å². The highest BCUT2D eigenvalue weighted by Gasteiger charge is 2.30. The summed E-state index contributed by atoms with van der Waals surface area (Å²) in [7, 11) is 9.14. The Labute approximate surface area is 239 Å². The second-order valence-electron chi connectivity index (χ2n) is 10.3. The third kappa shape index (κ3) is 7.54. The molecule has 4 amide bonds. The van der Waals surface area contributed by atoms with E-state index in [-0.39, 0.29) is 42.0 Å². The number of aryl methyl sites for hydroxylation is 3. The zero-order chi connectivity index (χ0) is 28.3. The van der Waals surface area contributed by atoms with Crippen molar-refractivity contribution in [1.29, 1.82) is 0 Å². The molecule has 0 aliphatic heterocycles. The summed E-state index contributed by atoms with van der Waals surface area (Å²) in [5, 5.41) is 11.4. The summed E-state index contributed by atoms with van der Waals surface area (Å²) in [4.78, 5) is 52.5. The smallest absolute Gasteiger partial charge is 0.272 e. The van der Waals surface area contributed by atoms with Gasteiger partial charge in [0, 0.05) is 52.2 Å². The minimum absolute atomic E-state index is 0. The predicted octanol–water partition coefficient (Wildman–Crippen LogP) is 2.66. The fraction of sp³-hybridized carbons (Fsp3) is 0.407. The average Bonchev–Trinajstić information content (AvgIpc) is 3.43. The number of amides is 4. The van der Waals surface area contributed by atoms with Gasteiger partial charge in [0.15, 0.2) is 0 Å². The molecule has 0 atom stereocenters. The van der Waals surface area contributed by atoms with Gasteiger partial charge < -0.3 is 39.9 Å². The van der Waals surface area contributed by atoms with Crippen molar-refractivity contribution in [3.63, 3.8) is 0 Å². The maximum absolute atomic E-state index is 13.0. The van der Waals surface area contributed by atoms with E-state index in [1.54, 1.807) is 71.6 Å². The lowest BCUT2D eigenvalue weighted by molar-refractivity contribution is -0.117. The molecule has 0 saturated heterocycles. The van der Waals surface area contributed by atoms with Gasteiger partial charge in [0.05, 0.1) is 17.1 Å². The van der Waals surface area contributed by atoms with Gasteiger partial charge in [0.2, 0.25) is 5.91 Å². The summed E-state index contributed by atoms with van der Waals surface area (Å²) in [5.74, 6) is -0.931. The number of nitrogens with one attached hydrogen (secondary N) is 4. The van der Waals surface area contributed by atoms with E-state index in [1.807, 2.05) is 14.1 Å². The number of aromatic nitrogens is 3. The normalized spacial score (nSPS) is 12.6. The number of halogens is 1. The fourth-order valence-corrected chi connectivity index (χ4v) is 4.24. The molecule has 3 heterocycles. The molecule has 1 aliphatic carbocycles. The number of rotatable bonds is 11. The molecule has 4 rings (SSSR count). The maximum Gasteiger partial charge on any atom is 0.272 e. The molecule has 13 heteroatoms. The van der Waals surface area contributed by atoms with Crippen LogP contribution in [0.5, 0.6) is 0 Å². The van der Waals surface area contributed by atoms with Gasteiger partial charge >= 0.3 is 0 Å². The van der Waals surface area contributed by atoms with Gasteiger partial charge in [-0.25, -0.2) is 0 Å². The number of hydrogen-bond donors (Lipinski definition) is 4. The number of carbonyl (C=O) groups is 4. The second kappa shape index (κ2) is 12.9. The van der Waals surface area contributed by atoms with Gasteiger partial charge in [0.25, 0.3) is 17.7 Å². The predicted molar refractivity (Wildman–Crippen MR) is 156 cm³/mol. The molecule has 0 aromatic carbocycles. The quantitative estimate of drug-likeness (QED) is 0.262. The zero-order valence-corrected chi connectivity index (χ0v) is 24.2. The SMILES string of the molecule is CN(C)CCCNC(=O)c1cc(NC(=O)c2cc(NC(=O)c3cc(NC(=O)C4CC4)cn3C)cn2C)cn1C.Cl. The molecule has 0 spiro atoms. The summed E-state index contributed by atoms with van der Waals surface area (Å²) >= 11 is 0. The monoisotopic (exact) mass is 572 g/mol. The third-order valence-corrected chi connectivity index (χ3v) is 6.51.